The Morgan fingerprint density at radius 2 is 1.29 bits per heavy atom. The molecule has 7 heteroatoms. The number of amides is 3. The molecule has 1 aromatic rings. The molecule has 0 spiro atoms. The van der Waals surface area contributed by atoms with Crippen LogP contribution in [0.25, 0.3) is 0 Å². The summed E-state index contributed by atoms with van der Waals surface area (Å²) >= 11 is 0. The van der Waals surface area contributed by atoms with Crippen LogP contribution in [0.15, 0.2) is 11.9 Å². The third-order valence-corrected chi connectivity index (χ3v) is 3.79. The molecule has 0 aliphatic carbocycles. The van der Waals surface area contributed by atoms with Crippen molar-refractivity contribution < 1.29 is 14.4 Å². The molecule has 0 unspecified atom stereocenters. The molecule has 0 fully saturated rings. The molecule has 0 aliphatic heterocycles. The van der Waals surface area contributed by atoms with E-state index in [-0.39, 0.29) is 28.8 Å². The second-order valence-corrected chi connectivity index (χ2v) is 6.18. The summed E-state index contributed by atoms with van der Waals surface area (Å²) in [5, 5.41) is 0.325. The van der Waals surface area contributed by atoms with E-state index in [1.807, 2.05) is 0 Å². The fourth-order valence-electron chi connectivity index (χ4n) is 1.69. The van der Waals surface area contributed by atoms with Crippen LogP contribution in [0.3, 0.4) is 0 Å². The Labute approximate surface area is 126 Å². The van der Waals surface area contributed by atoms with E-state index >= 15 is 0 Å². The molecule has 0 N–H and O–H groups in total. The Morgan fingerprint density at radius 3 is 1.71 bits per heavy atom. The van der Waals surface area contributed by atoms with Crippen LogP contribution in [-0.4, -0.2) is 74.7 Å². The first-order valence-electron chi connectivity index (χ1n) is 6.32. The van der Waals surface area contributed by atoms with Crippen molar-refractivity contribution in [1.82, 2.24) is 14.7 Å². The molecule has 0 aliphatic rings. The minimum Gasteiger partial charge on any atom is -0.345 e. The van der Waals surface area contributed by atoms with Crippen LogP contribution in [0, 0.1) is 0 Å². The number of rotatable bonds is 3. The van der Waals surface area contributed by atoms with Gasteiger partial charge in [-0.1, -0.05) is 8.19 Å². The minimum atomic E-state index is -0.345. The van der Waals surface area contributed by atoms with Gasteiger partial charge in [0, 0.05) is 42.3 Å². The molecule has 6 nitrogen and oxygen atoms in total. The average molecular weight is 309 g/mol. The highest BCUT2D eigenvalue weighted by molar-refractivity contribution is 7.31. The molecule has 0 bridgehead atoms. The van der Waals surface area contributed by atoms with Gasteiger partial charge in [0.25, 0.3) is 17.7 Å². The maximum absolute atomic E-state index is 12.4. The van der Waals surface area contributed by atoms with Gasteiger partial charge in [-0.25, -0.2) is 0 Å². The van der Waals surface area contributed by atoms with Gasteiger partial charge in [-0.15, -0.1) is 0 Å². The van der Waals surface area contributed by atoms with Crippen molar-refractivity contribution in [1.29, 1.82) is 0 Å². The summed E-state index contributed by atoms with van der Waals surface area (Å²) < 4.78 is 0. The van der Waals surface area contributed by atoms with Gasteiger partial charge < -0.3 is 14.7 Å². The number of carbonyl (C=O) groups is 3. The van der Waals surface area contributed by atoms with Gasteiger partial charge in [0.05, 0.1) is 16.4 Å². The molecule has 1 aromatic heterocycles. The molecule has 21 heavy (non-hydrogen) atoms. The lowest BCUT2D eigenvalue weighted by Gasteiger charge is -2.20. The molecule has 114 valence electrons. The normalized spacial score (nSPS) is 10.4. The van der Waals surface area contributed by atoms with Crippen molar-refractivity contribution in [2.75, 3.05) is 42.3 Å². The Morgan fingerprint density at radius 1 is 0.810 bits per heavy atom. The Kier molecular flexibility index (Phi) is 5.44. The van der Waals surface area contributed by atoms with Gasteiger partial charge in [-0.2, -0.15) is 0 Å². The maximum atomic E-state index is 12.4. The fraction of sp³-hybridized carbons (Fsp3) is 0.429. The van der Waals surface area contributed by atoms with Gasteiger partial charge in [0.2, 0.25) is 0 Å². The van der Waals surface area contributed by atoms with Crippen LogP contribution in [0.4, 0.5) is 0 Å². The monoisotopic (exact) mass is 309 g/mol. The summed E-state index contributed by atoms with van der Waals surface area (Å²) in [6, 6.07) is 1.60. The standard InChI is InChI=1S/C14H20N3O3P/c1-15(2)12(18)9-7-8-21-11(14(20)17(5)6)10(9)13(19)16(3)4/h7-8H,1-6H3. The van der Waals surface area contributed by atoms with E-state index in [0.29, 0.717) is 13.5 Å². The zero-order valence-corrected chi connectivity index (χ0v) is 14.1. The Hall–Kier alpha value is -1.94. The van der Waals surface area contributed by atoms with E-state index in [0.717, 1.165) is 0 Å². The third kappa shape index (κ3) is 3.58. The molecular formula is C14H20N3O3P. The summed E-state index contributed by atoms with van der Waals surface area (Å²) in [6.07, 6.45) is 0. The molecule has 0 atom stereocenters. The van der Waals surface area contributed by atoms with E-state index in [1.54, 1.807) is 54.2 Å². The highest BCUT2D eigenvalue weighted by Crippen LogP contribution is 2.26. The van der Waals surface area contributed by atoms with Crippen LogP contribution in [0.2, 0.25) is 0 Å². The van der Waals surface area contributed by atoms with E-state index in [4.69, 9.17) is 0 Å². The lowest BCUT2D eigenvalue weighted by molar-refractivity contribution is 0.0777. The van der Waals surface area contributed by atoms with Crippen molar-refractivity contribution in [3.8, 4) is 0 Å². The summed E-state index contributed by atoms with van der Waals surface area (Å²) in [6.45, 7) is 0. The highest BCUT2D eigenvalue weighted by atomic mass is 31.0. The van der Waals surface area contributed by atoms with E-state index in [1.165, 1.54) is 14.7 Å². The molecule has 0 saturated carbocycles. The van der Waals surface area contributed by atoms with Gasteiger partial charge >= 0.3 is 0 Å². The largest absolute Gasteiger partial charge is 0.345 e. The second-order valence-electron chi connectivity index (χ2n) is 5.18. The maximum Gasteiger partial charge on any atom is 0.258 e. The zero-order chi connectivity index (χ0) is 16.3. The van der Waals surface area contributed by atoms with E-state index in [9.17, 15) is 14.4 Å². The summed E-state index contributed by atoms with van der Waals surface area (Å²) in [7, 11) is 10.3. The average Bonchev–Trinajstić information content (AvgIpc) is 2.43. The number of nitrogens with zero attached hydrogens (tertiary/aromatic N) is 3. The fourth-order valence-corrected chi connectivity index (χ4v) is 2.72. The van der Waals surface area contributed by atoms with E-state index in [2.05, 4.69) is 0 Å². The highest BCUT2D eigenvalue weighted by Gasteiger charge is 2.27. The number of hydrogen-bond donors (Lipinski definition) is 0. The van der Waals surface area contributed by atoms with Crippen LogP contribution in [0.5, 0.6) is 0 Å². The van der Waals surface area contributed by atoms with Crippen molar-refractivity contribution in [3.05, 3.63) is 28.3 Å². The molecule has 0 saturated heterocycles. The predicted octanol–water partition coefficient (Wildman–Crippen LogP) is 1.37. The third-order valence-electron chi connectivity index (χ3n) is 2.82. The SMILES string of the molecule is CN(C)C(=O)c1ccpc(C(=O)N(C)C)c1C(=O)N(C)C. The van der Waals surface area contributed by atoms with Crippen LogP contribution >= 0.6 is 8.19 Å². The molecule has 1 rings (SSSR count). The van der Waals surface area contributed by atoms with Gasteiger partial charge in [-0.05, 0) is 11.9 Å². The van der Waals surface area contributed by atoms with Crippen LogP contribution in [-0.2, 0) is 0 Å². The summed E-state index contributed by atoms with van der Waals surface area (Å²) in [4.78, 5) is 41.2. The molecular weight excluding hydrogens is 289 g/mol. The molecule has 3 amide bonds. The van der Waals surface area contributed by atoms with Crippen molar-refractivity contribution in [3.63, 3.8) is 0 Å². The molecule has 0 aromatic carbocycles. The summed E-state index contributed by atoms with van der Waals surface area (Å²) in [5.74, 6) is 0.799. The van der Waals surface area contributed by atoms with Crippen molar-refractivity contribution in [2.24, 2.45) is 0 Å². The first-order chi connectivity index (χ1) is 9.68. The molecule has 0 radical (unpaired) electrons. The quantitative estimate of drug-likeness (QED) is 0.847. The number of hydrogen-bond acceptors (Lipinski definition) is 3. The van der Waals surface area contributed by atoms with Crippen molar-refractivity contribution >= 4 is 25.9 Å². The minimum absolute atomic E-state index is 0.182. The lowest BCUT2D eigenvalue weighted by Crippen LogP contribution is -2.31. The topological polar surface area (TPSA) is 60.9 Å². The lowest BCUT2D eigenvalue weighted by atomic mass is 10.1. The summed E-state index contributed by atoms with van der Waals surface area (Å²) in [5.41, 5.74) is 0.434. The smallest absolute Gasteiger partial charge is 0.258 e. The van der Waals surface area contributed by atoms with Crippen LogP contribution < -0.4 is 0 Å². The second kappa shape index (κ2) is 6.68. The predicted molar refractivity (Wildman–Crippen MR) is 83.0 cm³/mol. The Balaban J connectivity index is 3.60. The van der Waals surface area contributed by atoms with Gasteiger partial charge in [-0.3, -0.25) is 14.4 Å². The first-order valence-corrected chi connectivity index (χ1v) is 7.28. The zero-order valence-electron chi connectivity index (χ0n) is 13.2. The van der Waals surface area contributed by atoms with E-state index < -0.39 is 0 Å². The molecule has 1 heterocycles. The van der Waals surface area contributed by atoms with Gasteiger partial charge in [0.15, 0.2) is 0 Å². The first kappa shape index (κ1) is 17.1. The Bertz CT molecular complexity index is 545. The number of carbonyl (C=O) groups excluding carboxylic acids is 3. The van der Waals surface area contributed by atoms with Gasteiger partial charge in [0.1, 0.15) is 0 Å². The van der Waals surface area contributed by atoms with Crippen molar-refractivity contribution in [2.45, 2.75) is 0 Å². The van der Waals surface area contributed by atoms with Crippen LogP contribution in [0.1, 0.15) is 30.8 Å².